The second kappa shape index (κ2) is 10.6. The van der Waals surface area contributed by atoms with E-state index < -0.39 is 0 Å². The third-order valence-electron chi connectivity index (χ3n) is 4.81. The molecule has 0 bridgehead atoms. The third kappa shape index (κ3) is 5.49. The number of piperazine rings is 1. The van der Waals surface area contributed by atoms with Crippen LogP contribution in [0.4, 0.5) is 0 Å². The first kappa shape index (κ1) is 20.8. The van der Waals surface area contributed by atoms with Gasteiger partial charge in [-0.1, -0.05) is 12.2 Å². The number of amides is 1. The molecule has 6 nitrogen and oxygen atoms in total. The van der Waals surface area contributed by atoms with Crippen LogP contribution >= 0.6 is 24.0 Å². The van der Waals surface area contributed by atoms with Crippen molar-refractivity contribution in [1.82, 2.24) is 15.1 Å². The van der Waals surface area contributed by atoms with Crippen LogP contribution < -0.4 is 5.32 Å². The zero-order valence-corrected chi connectivity index (χ0v) is 17.7. The van der Waals surface area contributed by atoms with Crippen LogP contribution in [0.1, 0.15) is 36.7 Å². The SMILES string of the molecule is CCNC(=NCC1CC=CCC1)N1CCN(C(=O)c2ccco2)CC1.I. The van der Waals surface area contributed by atoms with Crippen molar-refractivity contribution in [2.75, 3.05) is 39.3 Å². The van der Waals surface area contributed by atoms with Gasteiger partial charge in [0.25, 0.3) is 5.91 Å². The lowest BCUT2D eigenvalue weighted by atomic mass is 9.95. The van der Waals surface area contributed by atoms with Gasteiger partial charge in [-0.05, 0) is 44.2 Å². The van der Waals surface area contributed by atoms with Gasteiger partial charge in [0, 0.05) is 39.3 Å². The monoisotopic (exact) mass is 472 g/mol. The van der Waals surface area contributed by atoms with Crippen LogP contribution in [0, 0.1) is 5.92 Å². The summed E-state index contributed by atoms with van der Waals surface area (Å²) in [4.78, 5) is 21.3. The largest absolute Gasteiger partial charge is 0.459 e. The normalized spacial score (nSPS) is 20.7. The van der Waals surface area contributed by atoms with E-state index in [2.05, 4.69) is 29.3 Å². The molecule has 0 saturated carbocycles. The Kier molecular flexibility index (Phi) is 8.47. The molecule has 1 aromatic rings. The lowest BCUT2D eigenvalue weighted by Crippen LogP contribution is -2.53. The molecule has 3 rings (SSSR count). The summed E-state index contributed by atoms with van der Waals surface area (Å²) in [6.45, 7) is 6.79. The summed E-state index contributed by atoms with van der Waals surface area (Å²) in [5.41, 5.74) is 0. The molecule has 1 fully saturated rings. The smallest absolute Gasteiger partial charge is 0.289 e. The standard InChI is InChI=1S/C19H28N4O2.HI/c1-2-20-19(21-15-16-7-4-3-5-8-16)23-12-10-22(11-13-23)18(24)17-9-6-14-25-17;/h3-4,6,9,14,16H,2,5,7-8,10-13,15H2,1H3,(H,20,21);1H. The van der Waals surface area contributed by atoms with E-state index >= 15 is 0 Å². The molecule has 0 aromatic carbocycles. The molecule has 1 aromatic heterocycles. The van der Waals surface area contributed by atoms with Gasteiger partial charge in [-0.25, -0.2) is 0 Å². The highest BCUT2D eigenvalue weighted by Gasteiger charge is 2.25. The maximum absolute atomic E-state index is 12.4. The van der Waals surface area contributed by atoms with Crippen LogP contribution in [-0.4, -0.2) is 60.9 Å². The fourth-order valence-corrected chi connectivity index (χ4v) is 3.34. The topological polar surface area (TPSA) is 61.1 Å². The average Bonchev–Trinajstić information content (AvgIpc) is 3.20. The van der Waals surface area contributed by atoms with E-state index in [-0.39, 0.29) is 29.9 Å². The summed E-state index contributed by atoms with van der Waals surface area (Å²) >= 11 is 0. The molecule has 1 unspecified atom stereocenters. The van der Waals surface area contributed by atoms with Gasteiger partial charge in [0.1, 0.15) is 0 Å². The molecule has 26 heavy (non-hydrogen) atoms. The molecule has 2 aliphatic rings. The maximum Gasteiger partial charge on any atom is 0.289 e. The minimum Gasteiger partial charge on any atom is -0.459 e. The number of hydrogen-bond acceptors (Lipinski definition) is 3. The van der Waals surface area contributed by atoms with Crippen LogP contribution in [0.15, 0.2) is 40.0 Å². The zero-order valence-electron chi connectivity index (χ0n) is 15.4. The molecule has 1 saturated heterocycles. The van der Waals surface area contributed by atoms with Crippen LogP contribution in [0.25, 0.3) is 0 Å². The number of nitrogens with zero attached hydrogens (tertiary/aromatic N) is 3. The molecule has 2 heterocycles. The van der Waals surface area contributed by atoms with Crippen molar-refractivity contribution in [3.63, 3.8) is 0 Å². The molecular weight excluding hydrogens is 443 g/mol. The van der Waals surface area contributed by atoms with Crippen molar-refractivity contribution in [1.29, 1.82) is 0 Å². The number of hydrogen-bond donors (Lipinski definition) is 1. The highest BCUT2D eigenvalue weighted by Crippen LogP contribution is 2.18. The van der Waals surface area contributed by atoms with Crippen LogP contribution in [-0.2, 0) is 0 Å². The van der Waals surface area contributed by atoms with Gasteiger partial charge in [0.05, 0.1) is 6.26 Å². The van der Waals surface area contributed by atoms with Crippen LogP contribution in [0.3, 0.4) is 0 Å². The molecule has 1 aliphatic heterocycles. The van der Waals surface area contributed by atoms with E-state index in [0.717, 1.165) is 38.6 Å². The minimum atomic E-state index is -0.0272. The Morgan fingerprint density at radius 2 is 2.04 bits per heavy atom. The van der Waals surface area contributed by atoms with Gasteiger partial charge in [0.2, 0.25) is 0 Å². The van der Waals surface area contributed by atoms with E-state index in [1.165, 1.54) is 12.8 Å². The fourth-order valence-electron chi connectivity index (χ4n) is 3.34. The predicted molar refractivity (Wildman–Crippen MR) is 114 cm³/mol. The highest BCUT2D eigenvalue weighted by molar-refractivity contribution is 14.0. The van der Waals surface area contributed by atoms with E-state index in [1.807, 2.05) is 4.90 Å². The molecular formula is C19H29IN4O2. The summed E-state index contributed by atoms with van der Waals surface area (Å²) < 4.78 is 5.22. The molecule has 0 spiro atoms. The minimum absolute atomic E-state index is 0. The van der Waals surface area contributed by atoms with Gasteiger partial charge in [-0.15, -0.1) is 24.0 Å². The molecule has 0 radical (unpaired) electrons. The molecule has 1 amide bonds. The average molecular weight is 472 g/mol. The number of nitrogens with one attached hydrogen (secondary N) is 1. The van der Waals surface area contributed by atoms with E-state index in [0.29, 0.717) is 24.8 Å². The van der Waals surface area contributed by atoms with Crippen molar-refractivity contribution in [3.05, 3.63) is 36.3 Å². The summed E-state index contributed by atoms with van der Waals surface area (Å²) in [5.74, 6) is 2.02. The Balaban J connectivity index is 0.00000243. The quantitative estimate of drug-likeness (QED) is 0.317. The summed E-state index contributed by atoms with van der Waals surface area (Å²) in [7, 11) is 0. The van der Waals surface area contributed by atoms with Crippen molar-refractivity contribution in [2.45, 2.75) is 26.2 Å². The molecule has 1 aliphatic carbocycles. The third-order valence-corrected chi connectivity index (χ3v) is 4.81. The number of guanidine groups is 1. The lowest BCUT2D eigenvalue weighted by molar-refractivity contribution is 0.0657. The predicted octanol–water partition coefficient (Wildman–Crippen LogP) is 2.98. The molecule has 1 N–H and O–H groups in total. The molecule has 144 valence electrons. The van der Waals surface area contributed by atoms with E-state index in [4.69, 9.17) is 9.41 Å². The molecule has 7 heteroatoms. The first-order chi connectivity index (χ1) is 12.3. The Morgan fingerprint density at radius 1 is 1.27 bits per heavy atom. The second-order valence-corrected chi connectivity index (χ2v) is 6.60. The Hall–Kier alpha value is -1.51. The van der Waals surface area contributed by atoms with E-state index in [1.54, 1.807) is 18.4 Å². The number of aliphatic imine (C=N–C) groups is 1. The Bertz CT molecular complexity index is 607. The van der Waals surface area contributed by atoms with Crippen molar-refractivity contribution >= 4 is 35.8 Å². The second-order valence-electron chi connectivity index (χ2n) is 6.60. The maximum atomic E-state index is 12.4. The Labute approximate surface area is 172 Å². The Morgan fingerprint density at radius 3 is 2.65 bits per heavy atom. The first-order valence-corrected chi connectivity index (χ1v) is 9.29. The number of halogens is 1. The van der Waals surface area contributed by atoms with Gasteiger partial charge >= 0.3 is 0 Å². The van der Waals surface area contributed by atoms with Gasteiger partial charge in [-0.2, -0.15) is 0 Å². The number of carbonyl (C=O) groups is 1. The number of carbonyl (C=O) groups excluding carboxylic acids is 1. The number of allylic oxidation sites excluding steroid dienone is 2. The van der Waals surface area contributed by atoms with Crippen molar-refractivity contribution < 1.29 is 9.21 Å². The van der Waals surface area contributed by atoms with Crippen LogP contribution in [0.2, 0.25) is 0 Å². The highest BCUT2D eigenvalue weighted by atomic mass is 127. The van der Waals surface area contributed by atoms with E-state index in [9.17, 15) is 4.79 Å². The van der Waals surface area contributed by atoms with Crippen molar-refractivity contribution in [2.24, 2.45) is 10.9 Å². The number of rotatable bonds is 4. The van der Waals surface area contributed by atoms with Gasteiger partial charge in [-0.3, -0.25) is 9.79 Å². The van der Waals surface area contributed by atoms with Gasteiger partial charge < -0.3 is 19.5 Å². The molecule has 1 atom stereocenters. The number of furan rings is 1. The van der Waals surface area contributed by atoms with Crippen molar-refractivity contribution in [3.8, 4) is 0 Å². The summed E-state index contributed by atoms with van der Waals surface area (Å²) in [6.07, 6.45) is 9.61. The zero-order chi connectivity index (χ0) is 17.5. The lowest BCUT2D eigenvalue weighted by Gasteiger charge is -2.36. The van der Waals surface area contributed by atoms with Crippen LogP contribution in [0.5, 0.6) is 0 Å². The summed E-state index contributed by atoms with van der Waals surface area (Å²) in [5, 5.41) is 3.40. The fraction of sp³-hybridized carbons (Fsp3) is 0.579. The summed E-state index contributed by atoms with van der Waals surface area (Å²) in [6, 6.07) is 3.47. The first-order valence-electron chi connectivity index (χ1n) is 9.29. The van der Waals surface area contributed by atoms with Gasteiger partial charge in [0.15, 0.2) is 11.7 Å².